The van der Waals surface area contributed by atoms with E-state index in [1.807, 2.05) is 20.9 Å². The Morgan fingerprint density at radius 1 is 1.25 bits per heavy atom. The first-order valence-corrected chi connectivity index (χ1v) is 7.76. The molecule has 1 aliphatic heterocycles. The van der Waals surface area contributed by atoms with Crippen molar-refractivity contribution in [3.63, 3.8) is 0 Å². The highest BCUT2D eigenvalue weighted by atomic mass is 19.1. The Kier molecular flexibility index (Phi) is 4.21. The van der Waals surface area contributed by atoms with Crippen molar-refractivity contribution in [2.75, 3.05) is 18.4 Å². The van der Waals surface area contributed by atoms with Gasteiger partial charge in [-0.05, 0) is 12.1 Å². The molecule has 0 radical (unpaired) electrons. The van der Waals surface area contributed by atoms with Crippen molar-refractivity contribution in [2.24, 2.45) is 7.05 Å². The van der Waals surface area contributed by atoms with Gasteiger partial charge in [-0.1, -0.05) is 13.8 Å². The molecule has 2 amide bonds. The molecule has 0 atom stereocenters. The van der Waals surface area contributed by atoms with Gasteiger partial charge in [0.25, 0.3) is 0 Å². The van der Waals surface area contributed by atoms with Gasteiger partial charge in [0.2, 0.25) is 0 Å². The van der Waals surface area contributed by atoms with Gasteiger partial charge in [-0.25, -0.2) is 18.6 Å². The average Bonchev–Trinajstić information content (AvgIpc) is 2.78. The highest BCUT2D eigenvalue weighted by Gasteiger charge is 2.35. The van der Waals surface area contributed by atoms with Crippen LogP contribution >= 0.6 is 0 Å². The van der Waals surface area contributed by atoms with Crippen LogP contribution in [0.25, 0.3) is 0 Å². The number of anilines is 1. The van der Waals surface area contributed by atoms with Crippen LogP contribution in [0, 0.1) is 11.6 Å². The number of rotatable bonds is 3. The summed E-state index contributed by atoms with van der Waals surface area (Å²) in [4.78, 5) is 18.2. The van der Waals surface area contributed by atoms with Gasteiger partial charge >= 0.3 is 6.03 Å². The average molecular weight is 335 g/mol. The molecule has 1 fully saturated rings. The van der Waals surface area contributed by atoms with Gasteiger partial charge in [0.05, 0.1) is 5.92 Å². The zero-order valence-corrected chi connectivity index (χ0v) is 13.8. The summed E-state index contributed by atoms with van der Waals surface area (Å²) in [5.41, 5.74) is 0.0988. The largest absolute Gasteiger partial charge is 0.323 e. The molecule has 1 aromatic carbocycles. The van der Waals surface area contributed by atoms with Gasteiger partial charge in [0.1, 0.15) is 17.5 Å². The van der Waals surface area contributed by atoms with E-state index in [-0.39, 0.29) is 23.6 Å². The molecule has 128 valence electrons. The van der Waals surface area contributed by atoms with Crippen LogP contribution in [0.2, 0.25) is 0 Å². The third kappa shape index (κ3) is 3.22. The fourth-order valence-corrected chi connectivity index (χ4v) is 2.65. The van der Waals surface area contributed by atoms with E-state index >= 15 is 0 Å². The highest BCUT2D eigenvalue weighted by molar-refractivity contribution is 5.90. The molecule has 1 aliphatic rings. The van der Waals surface area contributed by atoms with Gasteiger partial charge in [-0.2, -0.15) is 5.10 Å². The minimum atomic E-state index is -0.730. The van der Waals surface area contributed by atoms with E-state index in [9.17, 15) is 13.6 Å². The Hall–Kier alpha value is -2.51. The molecule has 24 heavy (non-hydrogen) atoms. The first kappa shape index (κ1) is 16.4. The van der Waals surface area contributed by atoms with Crippen LogP contribution in [0.5, 0.6) is 0 Å². The summed E-state index contributed by atoms with van der Waals surface area (Å²) in [6.07, 6.45) is 0. The van der Waals surface area contributed by atoms with E-state index in [2.05, 4.69) is 15.4 Å². The van der Waals surface area contributed by atoms with E-state index in [1.54, 1.807) is 9.58 Å². The highest BCUT2D eigenvalue weighted by Crippen LogP contribution is 2.27. The number of amides is 2. The molecule has 8 heteroatoms. The lowest BCUT2D eigenvalue weighted by molar-refractivity contribution is 0.159. The predicted molar refractivity (Wildman–Crippen MR) is 84.8 cm³/mol. The molecule has 2 heterocycles. The summed E-state index contributed by atoms with van der Waals surface area (Å²) in [6, 6.07) is 2.53. The lowest BCUT2D eigenvalue weighted by Gasteiger charge is -2.38. The number of nitrogens with one attached hydrogen (secondary N) is 1. The molecule has 0 aliphatic carbocycles. The molecule has 2 aromatic rings. The van der Waals surface area contributed by atoms with Crippen LogP contribution in [0.3, 0.4) is 0 Å². The Bertz CT molecular complexity index is 748. The van der Waals surface area contributed by atoms with E-state index in [4.69, 9.17) is 0 Å². The minimum Gasteiger partial charge on any atom is -0.323 e. The SMILES string of the molecule is CC(C)c1nc(C2CN(C(=O)Nc3cc(F)cc(F)c3)C2)n(C)n1. The molecule has 1 aromatic heterocycles. The van der Waals surface area contributed by atoms with Gasteiger partial charge in [0, 0.05) is 37.8 Å². The Labute approximate surface area is 138 Å². The standard InChI is InChI=1S/C16H19F2N5O/c1-9(2)14-20-15(22(3)21-14)10-7-23(8-10)16(24)19-13-5-11(17)4-12(18)6-13/h4-6,9-10H,7-8H2,1-3H3,(H,19,24). The number of benzene rings is 1. The molecule has 1 saturated heterocycles. The van der Waals surface area contributed by atoms with Crippen LogP contribution in [0.15, 0.2) is 18.2 Å². The first-order valence-electron chi connectivity index (χ1n) is 7.76. The number of carbonyl (C=O) groups excluding carboxylic acids is 1. The van der Waals surface area contributed by atoms with Crippen molar-refractivity contribution in [1.29, 1.82) is 0 Å². The van der Waals surface area contributed by atoms with Crippen molar-refractivity contribution in [3.05, 3.63) is 41.5 Å². The number of halogens is 2. The number of urea groups is 1. The van der Waals surface area contributed by atoms with Crippen LogP contribution in [-0.4, -0.2) is 38.8 Å². The zero-order chi connectivity index (χ0) is 17.4. The van der Waals surface area contributed by atoms with Crippen LogP contribution in [-0.2, 0) is 7.05 Å². The smallest absolute Gasteiger partial charge is 0.321 e. The fourth-order valence-electron chi connectivity index (χ4n) is 2.65. The van der Waals surface area contributed by atoms with Gasteiger partial charge in [-0.3, -0.25) is 4.68 Å². The normalized spacial score (nSPS) is 14.8. The molecule has 0 spiro atoms. The maximum absolute atomic E-state index is 13.1. The second kappa shape index (κ2) is 6.18. The molecule has 1 N–H and O–H groups in total. The number of carbonyl (C=O) groups is 1. The Morgan fingerprint density at radius 2 is 1.88 bits per heavy atom. The molecule has 3 rings (SSSR count). The number of nitrogens with zero attached hydrogens (tertiary/aromatic N) is 4. The molecular formula is C16H19F2N5O. The van der Waals surface area contributed by atoms with Crippen molar-refractivity contribution in [2.45, 2.75) is 25.7 Å². The lowest BCUT2D eigenvalue weighted by atomic mass is 10.00. The van der Waals surface area contributed by atoms with E-state index in [0.29, 0.717) is 13.1 Å². The maximum Gasteiger partial charge on any atom is 0.321 e. The molecular weight excluding hydrogens is 316 g/mol. The summed E-state index contributed by atoms with van der Waals surface area (Å²) < 4.78 is 28.0. The molecule has 6 nitrogen and oxygen atoms in total. The second-order valence-electron chi connectivity index (χ2n) is 6.30. The third-order valence-electron chi connectivity index (χ3n) is 3.98. The molecule has 0 saturated carbocycles. The number of hydrogen-bond donors (Lipinski definition) is 1. The van der Waals surface area contributed by atoms with Crippen molar-refractivity contribution in [1.82, 2.24) is 19.7 Å². The third-order valence-corrected chi connectivity index (χ3v) is 3.98. The Morgan fingerprint density at radius 3 is 2.42 bits per heavy atom. The van der Waals surface area contributed by atoms with E-state index in [1.165, 1.54) is 0 Å². The monoisotopic (exact) mass is 335 g/mol. The summed E-state index contributed by atoms with van der Waals surface area (Å²) in [6.45, 7) is 5.04. The summed E-state index contributed by atoms with van der Waals surface area (Å²) in [7, 11) is 1.84. The lowest BCUT2D eigenvalue weighted by Crippen LogP contribution is -2.51. The second-order valence-corrected chi connectivity index (χ2v) is 6.30. The number of aromatic nitrogens is 3. The number of likely N-dealkylation sites (tertiary alicyclic amines) is 1. The summed E-state index contributed by atoms with van der Waals surface area (Å²) in [5, 5.41) is 6.87. The number of aryl methyl sites for hydroxylation is 1. The van der Waals surface area contributed by atoms with Crippen molar-refractivity contribution in [3.8, 4) is 0 Å². The minimum absolute atomic E-state index is 0.0988. The van der Waals surface area contributed by atoms with E-state index < -0.39 is 11.6 Å². The van der Waals surface area contributed by atoms with E-state index in [0.717, 1.165) is 29.8 Å². The van der Waals surface area contributed by atoms with Crippen molar-refractivity contribution < 1.29 is 13.6 Å². The Balaban J connectivity index is 1.61. The predicted octanol–water partition coefficient (Wildman–Crippen LogP) is 2.85. The molecule has 0 unspecified atom stereocenters. The van der Waals surface area contributed by atoms with Gasteiger partial charge in [-0.15, -0.1) is 0 Å². The topological polar surface area (TPSA) is 63.1 Å². The van der Waals surface area contributed by atoms with Crippen LogP contribution < -0.4 is 5.32 Å². The zero-order valence-electron chi connectivity index (χ0n) is 13.8. The van der Waals surface area contributed by atoms with Gasteiger partial charge in [0.15, 0.2) is 5.82 Å². The van der Waals surface area contributed by atoms with Crippen molar-refractivity contribution >= 4 is 11.7 Å². The summed E-state index contributed by atoms with van der Waals surface area (Å²) in [5.74, 6) is 0.529. The quantitative estimate of drug-likeness (QED) is 0.938. The first-order chi connectivity index (χ1) is 11.3. The maximum atomic E-state index is 13.1. The van der Waals surface area contributed by atoms with Crippen LogP contribution in [0.1, 0.15) is 37.3 Å². The fraction of sp³-hybridized carbons (Fsp3) is 0.438. The summed E-state index contributed by atoms with van der Waals surface area (Å²) >= 11 is 0. The van der Waals surface area contributed by atoms with Crippen LogP contribution in [0.4, 0.5) is 19.3 Å². The number of hydrogen-bond acceptors (Lipinski definition) is 3. The molecule has 0 bridgehead atoms. The van der Waals surface area contributed by atoms with Gasteiger partial charge < -0.3 is 10.2 Å².